The van der Waals surface area contributed by atoms with Crippen LogP contribution in [0.4, 0.5) is 5.69 Å². The first kappa shape index (κ1) is 11.3. The predicted octanol–water partition coefficient (Wildman–Crippen LogP) is 1.94. The summed E-state index contributed by atoms with van der Waals surface area (Å²) in [6.45, 7) is 0. The van der Waals surface area contributed by atoms with Crippen LogP contribution in [-0.4, -0.2) is 16.1 Å². The minimum Gasteiger partial charge on any atom is -0.478 e. The Labute approximate surface area is 92.1 Å². The van der Waals surface area contributed by atoms with Gasteiger partial charge in [-0.25, -0.2) is 4.79 Å². The van der Waals surface area contributed by atoms with Gasteiger partial charge in [-0.2, -0.15) is 0 Å². The highest BCUT2D eigenvalue weighted by Crippen LogP contribution is 2.19. The Hall–Kier alpha value is -1.81. The summed E-state index contributed by atoms with van der Waals surface area (Å²) in [6, 6.07) is 6.48. The second kappa shape index (κ2) is 4.14. The van der Waals surface area contributed by atoms with Gasteiger partial charge in [-0.3, -0.25) is 4.98 Å². The van der Waals surface area contributed by atoms with Crippen LogP contribution in [0.25, 0.3) is 10.9 Å². The molecule has 0 saturated carbocycles. The normalized spacial score (nSPS) is 9.60. The van der Waals surface area contributed by atoms with Gasteiger partial charge in [-0.15, -0.1) is 12.4 Å². The van der Waals surface area contributed by atoms with Gasteiger partial charge in [0.2, 0.25) is 0 Å². The topological polar surface area (TPSA) is 76.2 Å². The number of carboxylic acids is 1. The van der Waals surface area contributed by atoms with Crippen molar-refractivity contribution in [2.24, 2.45) is 0 Å². The highest BCUT2D eigenvalue weighted by atomic mass is 35.5. The Bertz CT molecular complexity index is 514. The molecule has 3 N–H and O–H groups in total. The standard InChI is InChI=1S/C10H8N2O2.ClH/c11-6-1-2-9-8(5-6)7(10(13)14)3-4-12-9;/h1-5H,11H2,(H,13,14);1H. The molecule has 2 rings (SSSR count). The number of hydrogen-bond acceptors (Lipinski definition) is 3. The second-order valence-electron chi connectivity index (χ2n) is 2.94. The van der Waals surface area contributed by atoms with Gasteiger partial charge in [0, 0.05) is 17.3 Å². The molecule has 0 amide bonds. The highest BCUT2D eigenvalue weighted by molar-refractivity contribution is 6.03. The van der Waals surface area contributed by atoms with E-state index in [1.807, 2.05) is 0 Å². The summed E-state index contributed by atoms with van der Waals surface area (Å²) in [5, 5.41) is 9.47. The molecule has 0 atom stereocenters. The van der Waals surface area contributed by atoms with Gasteiger partial charge in [-0.1, -0.05) is 0 Å². The number of aromatic carboxylic acids is 1. The number of aromatic nitrogens is 1. The number of pyridine rings is 1. The minimum absolute atomic E-state index is 0. The van der Waals surface area contributed by atoms with Crippen molar-refractivity contribution < 1.29 is 9.90 Å². The summed E-state index contributed by atoms with van der Waals surface area (Å²) >= 11 is 0. The van der Waals surface area contributed by atoms with Crippen LogP contribution in [0.5, 0.6) is 0 Å². The molecule has 0 saturated heterocycles. The molecule has 2 aromatic rings. The molecular weight excluding hydrogens is 216 g/mol. The first-order chi connectivity index (χ1) is 6.68. The number of nitrogens with two attached hydrogens (primary N) is 1. The molecule has 4 nitrogen and oxygen atoms in total. The molecular formula is C10H9ClN2O2. The van der Waals surface area contributed by atoms with Gasteiger partial charge in [0.1, 0.15) is 0 Å². The molecule has 0 unspecified atom stereocenters. The van der Waals surface area contributed by atoms with Gasteiger partial charge < -0.3 is 10.8 Å². The van der Waals surface area contributed by atoms with E-state index in [1.165, 1.54) is 12.3 Å². The first-order valence-electron chi connectivity index (χ1n) is 4.06. The van der Waals surface area contributed by atoms with Crippen molar-refractivity contribution in [2.45, 2.75) is 0 Å². The van der Waals surface area contributed by atoms with Gasteiger partial charge in [-0.05, 0) is 24.3 Å². The van der Waals surface area contributed by atoms with Crippen LogP contribution in [0.2, 0.25) is 0 Å². The Morgan fingerprint density at radius 3 is 2.73 bits per heavy atom. The summed E-state index contributed by atoms with van der Waals surface area (Å²) in [5.74, 6) is -0.969. The summed E-state index contributed by atoms with van der Waals surface area (Å²) in [6.07, 6.45) is 1.47. The molecule has 0 aliphatic heterocycles. The van der Waals surface area contributed by atoms with E-state index >= 15 is 0 Å². The number of nitrogens with zero attached hydrogens (tertiary/aromatic N) is 1. The maximum Gasteiger partial charge on any atom is 0.336 e. The third-order valence-electron chi connectivity index (χ3n) is 2.00. The maximum absolute atomic E-state index is 10.9. The molecule has 0 fully saturated rings. The van der Waals surface area contributed by atoms with Crippen LogP contribution >= 0.6 is 12.4 Å². The van der Waals surface area contributed by atoms with E-state index in [-0.39, 0.29) is 18.0 Å². The molecule has 78 valence electrons. The molecule has 0 aliphatic rings. The molecule has 1 heterocycles. The lowest BCUT2D eigenvalue weighted by molar-refractivity contribution is 0.0699. The highest BCUT2D eigenvalue weighted by Gasteiger charge is 2.08. The van der Waals surface area contributed by atoms with Gasteiger partial charge in [0.25, 0.3) is 0 Å². The molecule has 0 aliphatic carbocycles. The van der Waals surface area contributed by atoms with Crippen molar-refractivity contribution in [1.82, 2.24) is 4.98 Å². The van der Waals surface area contributed by atoms with E-state index < -0.39 is 5.97 Å². The number of carboxylic acid groups (broad SMARTS) is 1. The lowest BCUT2D eigenvalue weighted by atomic mass is 10.1. The number of carbonyl (C=O) groups is 1. The third kappa shape index (κ3) is 1.99. The fraction of sp³-hybridized carbons (Fsp3) is 0. The maximum atomic E-state index is 10.9. The minimum atomic E-state index is -0.969. The van der Waals surface area contributed by atoms with Gasteiger partial charge in [0.15, 0.2) is 0 Å². The molecule has 0 radical (unpaired) electrons. The van der Waals surface area contributed by atoms with Crippen molar-refractivity contribution in [3.05, 3.63) is 36.0 Å². The Morgan fingerprint density at radius 1 is 1.33 bits per heavy atom. The monoisotopic (exact) mass is 224 g/mol. The first-order valence-corrected chi connectivity index (χ1v) is 4.06. The largest absolute Gasteiger partial charge is 0.478 e. The number of halogens is 1. The van der Waals surface area contributed by atoms with Gasteiger partial charge in [0.05, 0.1) is 11.1 Å². The number of nitrogen functional groups attached to an aromatic ring is 1. The van der Waals surface area contributed by atoms with Crippen LogP contribution in [-0.2, 0) is 0 Å². The van der Waals surface area contributed by atoms with E-state index in [4.69, 9.17) is 10.8 Å². The molecule has 1 aromatic carbocycles. The number of rotatable bonds is 1. The smallest absolute Gasteiger partial charge is 0.336 e. The SMILES string of the molecule is Cl.Nc1ccc2nccc(C(=O)O)c2c1. The Balaban J connectivity index is 0.00000112. The van der Waals surface area contributed by atoms with Crippen molar-refractivity contribution in [3.63, 3.8) is 0 Å². The predicted molar refractivity (Wildman–Crippen MR) is 60.4 cm³/mol. The van der Waals surface area contributed by atoms with Crippen LogP contribution in [0, 0.1) is 0 Å². The van der Waals surface area contributed by atoms with Crippen molar-refractivity contribution >= 4 is 35.0 Å². The molecule has 0 bridgehead atoms. The van der Waals surface area contributed by atoms with Crippen LogP contribution < -0.4 is 5.73 Å². The van der Waals surface area contributed by atoms with Crippen LogP contribution in [0.15, 0.2) is 30.5 Å². The van der Waals surface area contributed by atoms with E-state index in [1.54, 1.807) is 18.2 Å². The number of fused-ring (bicyclic) bond motifs is 1. The second-order valence-corrected chi connectivity index (χ2v) is 2.94. The summed E-state index contributed by atoms with van der Waals surface area (Å²) < 4.78 is 0. The molecule has 15 heavy (non-hydrogen) atoms. The average Bonchev–Trinajstić information content (AvgIpc) is 2.16. The van der Waals surface area contributed by atoms with Crippen molar-refractivity contribution in [1.29, 1.82) is 0 Å². The summed E-state index contributed by atoms with van der Waals surface area (Å²) in [5.41, 5.74) is 6.97. The van der Waals surface area contributed by atoms with E-state index in [0.717, 1.165) is 0 Å². The molecule has 5 heteroatoms. The lowest BCUT2D eigenvalue weighted by Gasteiger charge is -2.01. The average molecular weight is 225 g/mol. The summed E-state index contributed by atoms with van der Waals surface area (Å²) in [4.78, 5) is 14.9. The fourth-order valence-electron chi connectivity index (χ4n) is 1.35. The number of hydrogen-bond donors (Lipinski definition) is 2. The fourth-order valence-corrected chi connectivity index (χ4v) is 1.35. The van der Waals surface area contributed by atoms with E-state index in [2.05, 4.69) is 4.98 Å². The Kier molecular flexibility index (Phi) is 3.11. The summed E-state index contributed by atoms with van der Waals surface area (Å²) in [7, 11) is 0. The number of benzene rings is 1. The third-order valence-corrected chi connectivity index (χ3v) is 2.00. The van der Waals surface area contributed by atoms with E-state index in [0.29, 0.717) is 16.6 Å². The zero-order chi connectivity index (χ0) is 10.1. The van der Waals surface area contributed by atoms with Crippen LogP contribution in [0.3, 0.4) is 0 Å². The molecule has 0 spiro atoms. The van der Waals surface area contributed by atoms with E-state index in [9.17, 15) is 4.79 Å². The van der Waals surface area contributed by atoms with Crippen molar-refractivity contribution in [3.8, 4) is 0 Å². The van der Waals surface area contributed by atoms with Gasteiger partial charge >= 0.3 is 5.97 Å². The number of anilines is 1. The quantitative estimate of drug-likeness (QED) is 0.726. The Morgan fingerprint density at radius 2 is 2.07 bits per heavy atom. The van der Waals surface area contributed by atoms with Crippen LogP contribution in [0.1, 0.15) is 10.4 Å². The lowest BCUT2D eigenvalue weighted by Crippen LogP contribution is -1.98. The van der Waals surface area contributed by atoms with Crippen molar-refractivity contribution in [2.75, 3.05) is 5.73 Å². The zero-order valence-corrected chi connectivity index (χ0v) is 8.49. The zero-order valence-electron chi connectivity index (χ0n) is 7.68. The molecule has 1 aromatic heterocycles.